The SMILES string of the molecule is Brc1ccccc1CSCC1CCNCC1. The minimum Gasteiger partial charge on any atom is -0.317 e. The fraction of sp³-hybridized carbons (Fsp3) is 0.538. The fourth-order valence-corrected chi connectivity index (χ4v) is 3.87. The lowest BCUT2D eigenvalue weighted by Crippen LogP contribution is -2.28. The molecule has 1 aliphatic heterocycles. The maximum Gasteiger partial charge on any atom is 0.0215 e. The first-order valence-corrected chi connectivity index (χ1v) is 7.83. The van der Waals surface area contributed by atoms with Crippen LogP contribution in [0.25, 0.3) is 0 Å². The second-order valence-corrected chi connectivity index (χ2v) is 6.18. The molecule has 3 heteroatoms. The Morgan fingerprint density at radius 1 is 1.25 bits per heavy atom. The van der Waals surface area contributed by atoms with Gasteiger partial charge in [-0.2, -0.15) is 11.8 Å². The van der Waals surface area contributed by atoms with Crippen LogP contribution >= 0.6 is 27.7 Å². The van der Waals surface area contributed by atoms with Crippen LogP contribution in [0.1, 0.15) is 18.4 Å². The normalized spacial score (nSPS) is 17.6. The molecule has 0 spiro atoms. The van der Waals surface area contributed by atoms with Gasteiger partial charge in [0.2, 0.25) is 0 Å². The van der Waals surface area contributed by atoms with E-state index in [-0.39, 0.29) is 0 Å². The smallest absolute Gasteiger partial charge is 0.0215 e. The molecular formula is C13H18BrNS. The van der Waals surface area contributed by atoms with Crippen LogP contribution in [0.3, 0.4) is 0 Å². The Labute approximate surface area is 111 Å². The Balaban J connectivity index is 1.73. The highest BCUT2D eigenvalue weighted by atomic mass is 79.9. The minimum absolute atomic E-state index is 0.925. The maximum absolute atomic E-state index is 3.60. The predicted molar refractivity (Wildman–Crippen MR) is 75.9 cm³/mol. The zero-order chi connectivity index (χ0) is 11.2. The van der Waals surface area contributed by atoms with E-state index in [0.717, 1.165) is 11.7 Å². The summed E-state index contributed by atoms with van der Waals surface area (Å²) >= 11 is 5.67. The van der Waals surface area contributed by atoms with Crippen LogP contribution in [0.5, 0.6) is 0 Å². The third-order valence-electron chi connectivity index (χ3n) is 3.03. The molecule has 1 saturated heterocycles. The number of hydrogen-bond donors (Lipinski definition) is 1. The van der Waals surface area contributed by atoms with E-state index in [9.17, 15) is 0 Å². The molecule has 2 rings (SSSR count). The zero-order valence-electron chi connectivity index (χ0n) is 9.42. The van der Waals surface area contributed by atoms with Gasteiger partial charge in [-0.25, -0.2) is 0 Å². The van der Waals surface area contributed by atoms with E-state index in [1.807, 2.05) is 0 Å². The van der Waals surface area contributed by atoms with Gasteiger partial charge in [-0.15, -0.1) is 0 Å². The highest BCUT2D eigenvalue weighted by Crippen LogP contribution is 2.24. The van der Waals surface area contributed by atoms with Crippen LogP contribution in [0, 0.1) is 5.92 Å². The van der Waals surface area contributed by atoms with Crippen molar-refractivity contribution in [3.8, 4) is 0 Å². The van der Waals surface area contributed by atoms with E-state index in [2.05, 4.69) is 57.3 Å². The standard InChI is InChI=1S/C13H18BrNS/c14-13-4-2-1-3-12(13)10-16-9-11-5-7-15-8-6-11/h1-4,11,15H,5-10H2. The second-order valence-electron chi connectivity index (χ2n) is 4.30. The molecule has 1 nitrogen and oxygen atoms in total. The Hall–Kier alpha value is 0.01000. The number of benzene rings is 1. The van der Waals surface area contributed by atoms with Crippen LogP contribution in [0.4, 0.5) is 0 Å². The molecule has 0 saturated carbocycles. The molecule has 1 aliphatic rings. The van der Waals surface area contributed by atoms with E-state index in [1.165, 1.54) is 41.7 Å². The molecule has 0 amide bonds. The summed E-state index contributed by atoms with van der Waals surface area (Å²) in [4.78, 5) is 0. The molecule has 16 heavy (non-hydrogen) atoms. The Kier molecular flexibility index (Phi) is 5.20. The van der Waals surface area contributed by atoms with Gasteiger partial charge in [0.25, 0.3) is 0 Å². The molecule has 1 aromatic rings. The fourth-order valence-electron chi connectivity index (χ4n) is 2.00. The summed E-state index contributed by atoms with van der Waals surface area (Å²) in [6.07, 6.45) is 2.70. The summed E-state index contributed by atoms with van der Waals surface area (Å²) in [6.45, 7) is 2.42. The number of halogens is 1. The van der Waals surface area contributed by atoms with Gasteiger partial charge >= 0.3 is 0 Å². The third kappa shape index (κ3) is 3.79. The summed E-state index contributed by atoms with van der Waals surface area (Å²) in [7, 11) is 0. The van der Waals surface area contributed by atoms with Gasteiger partial charge in [-0.05, 0) is 49.2 Å². The van der Waals surface area contributed by atoms with E-state index in [1.54, 1.807) is 0 Å². The van der Waals surface area contributed by atoms with Crippen LogP contribution in [0.15, 0.2) is 28.7 Å². The molecule has 0 bridgehead atoms. The molecule has 0 aliphatic carbocycles. The predicted octanol–water partition coefficient (Wildman–Crippen LogP) is 3.68. The first-order valence-electron chi connectivity index (χ1n) is 5.88. The lowest BCUT2D eigenvalue weighted by atomic mass is 10.0. The monoisotopic (exact) mass is 299 g/mol. The summed E-state index contributed by atoms with van der Waals surface area (Å²) in [6, 6.07) is 8.52. The minimum atomic E-state index is 0.925. The first-order chi connectivity index (χ1) is 7.86. The Morgan fingerprint density at radius 2 is 2.00 bits per heavy atom. The third-order valence-corrected chi connectivity index (χ3v) is 5.02. The van der Waals surface area contributed by atoms with E-state index in [4.69, 9.17) is 0 Å². The van der Waals surface area contributed by atoms with Crippen molar-refractivity contribution in [2.45, 2.75) is 18.6 Å². The van der Waals surface area contributed by atoms with Crippen molar-refractivity contribution in [1.82, 2.24) is 5.32 Å². The summed E-state index contributed by atoms with van der Waals surface area (Å²) < 4.78 is 1.24. The zero-order valence-corrected chi connectivity index (χ0v) is 11.8. The lowest BCUT2D eigenvalue weighted by Gasteiger charge is -2.22. The number of piperidine rings is 1. The average Bonchev–Trinajstić information content (AvgIpc) is 2.33. The molecule has 1 heterocycles. The molecule has 0 radical (unpaired) electrons. The Morgan fingerprint density at radius 3 is 2.75 bits per heavy atom. The maximum atomic E-state index is 3.60. The second kappa shape index (κ2) is 6.67. The van der Waals surface area contributed by atoms with Crippen LogP contribution in [0.2, 0.25) is 0 Å². The molecular weight excluding hydrogens is 282 g/mol. The van der Waals surface area contributed by atoms with E-state index < -0.39 is 0 Å². The van der Waals surface area contributed by atoms with Gasteiger partial charge in [0.05, 0.1) is 0 Å². The van der Waals surface area contributed by atoms with Crippen LogP contribution in [-0.4, -0.2) is 18.8 Å². The van der Waals surface area contributed by atoms with Crippen molar-refractivity contribution in [1.29, 1.82) is 0 Å². The quantitative estimate of drug-likeness (QED) is 0.910. The number of hydrogen-bond acceptors (Lipinski definition) is 2. The van der Waals surface area contributed by atoms with Crippen molar-refractivity contribution in [3.05, 3.63) is 34.3 Å². The average molecular weight is 300 g/mol. The molecule has 0 atom stereocenters. The molecule has 0 aromatic heterocycles. The largest absolute Gasteiger partial charge is 0.317 e. The van der Waals surface area contributed by atoms with Gasteiger partial charge in [0, 0.05) is 10.2 Å². The molecule has 88 valence electrons. The summed E-state index contributed by atoms with van der Waals surface area (Å²) in [5.74, 6) is 3.36. The number of rotatable bonds is 4. The van der Waals surface area contributed by atoms with Crippen molar-refractivity contribution in [3.63, 3.8) is 0 Å². The molecule has 1 fully saturated rings. The first kappa shape index (κ1) is 12.5. The van der Waals surface area contributed by atoms with Gasteiger partial charge in [0.1, 0.15) is 0 Å². The Bertz CT molecular complexity index is 323. The van der Waals surface area contributed by atoms with Crippen LogP contribution in [-0.2, 0) is 5.75 Å². The highest BCUT2D eigenvalue weighted by molar-refractivity contribution is 9.10. The molecule has 1 N–H and O–H groups in total. The topological polar surface area (TPSA) is 12.0 Å². The number of thioether (sulfide) groups is 1. The van der Waals surface area contributed by atoms with Gasteiger partial charge in [0.15, 0.2) is 0 Å². The molecule has 0 unspecified atom stereocenters. The summed E-state index contributed by atoms with van der Waals surface area (Å²) in [5, 5.41) is 3.42. The van der Waals surface area contributed by atoms with Gasteiger partial charge in [-0.1, -0.05) is 34.1 Å². The van der Waals surface area contributed by atoms with Crippen molar-refractivity contribution in [2.24, 2.45) is 5.92 Å². The van der Waals surface area contributed by atoms with E-state index in [0.29, 0.717) is 0 Å². The summed E-state index contributed by atoms with van der Waals surface area (Å²) in [5.41, 5.74) is 1.42. The van der Waals surface area contributed by atoms with Crippen molar-refractivity contribution in [2.75, 3.05) is 18.8 Å². The van der Waals surface area contributed by atoms with Crippen molar-refractivity contribution >= 4 is 27.7 Å². The molecule has 1 aromatic carbocycles. The highest BCUT2D eigenvalue weighted by Gasteiger charge is 2.12. The lowest BCUT2D eigenvalue weighted by molar-refractivity contribution is 0.408. The number of nitrogens with one attached hydrogen (secondary N) is 1. The van der Waals surface area contributed by atoms with Gasteiger partial charge < -0.3 is 5.32 Å². The van der Waals surface area contributed by atoms with Crippen LogP contribution < -0.4 is 5.32 Å². The van der Waals surface area contributed by atoms with E-state index >= 15 is 0 Å². The van der Waals surface area contributed by atoms with Gasteiger partial charge in [-0.3, -0.25) is 0 Å². The van der Waals surface area contributed by atoms with Crippen molar-refractivity contribution < 1.29 is 0 Å².